The molecule has 0 amide bonds. The normalized spacial score (nSPS) is 11.6. The smallest absolute Gasteiger partial charge is 0.328 e. The van der Waals surface area contributed by atoms with Gasteiger partial charge in [0, 0.05) is 17.8 Å². The van der Waals surface area contributed by atoms with E-state index in [1.165, 1.54) is 30.5 Å². The van der Waals surface area contributed by atoms with E-state index in [1.807, 2.05) is 0 Å². The van der Waals surface area contributed by atoms with Crippen molar-refractivity contribution in [3.63, 3.8) is 0 Å². The van der Waals surface area contributed by atoms with Gasteiger partial charge in [-0.15, -0.1) is 0 Å². The van der Waals surface area contributed by atoms with E-state index < -0.39 is 11.7 Å². The van der Waals surface area contributed by atoms with Crippen LogP contribution in [0.1, 0.15) is 11.1 Å². The molecule has 2 rings (SSSR count). The summed E-state index contributed by atoms with van der Waals surface area (Å²) in [5, 5.41) is 0. The van der Waals surface area contributed by atoms with E-state index in [2.05, 4.69) is 4.98 Å². The van der Waals surface area contributed by atoms with Gasteiger partial charge in [-0.05, 0) is 24.1 Å². The molecule has 0 unspecified atom stereocenters. The molecule has 1 heterocycles. The van der Waals surface area contributed by atoms with Crippen LogP contribution in [0.5, 0.6) is 0 Å². The van der Waals surface area contributed by atoms with Crippen molar-refractivity contribution in [1.29, 1.82) is 0 Å². The number of aromatic nitrogens is 1. The number of aryl methyl sites for hydroxylation is 1. The van der Waals surface area contributed by atoms with E-state index in [9.17, 15) is 18.0 Å². The lowest BCUT2D eigenvalue weighted by molar-refractivity contribution is -0.137. The van der Waals surface area contributed by atoms with Crippen LogP contribution in [0.4, 0.5) is 13.2 Å². The molecule has 0 fully saturated rings. The van der Waals surface area contributed by atoms with Gasteiger partial charge in [-0.2, -0.15) is 13.2 Å². The van der Waals surface area contributed by atoms with Crippen LogP contribution in [-0.4, -0.2) is 4.98 Å². The molecule has 0 aliphatic rings. The monoisotopic (exact) mass is 253 g/mol. The maximum atomic E-state index is 12.9. The average Bonchev–Trinajstić information content (AvgIpc) is 2.28. The summed E-state index contributed by atoms with van der Waals surface area (Å²) in [4.78, 5) is 13.5. The van der Waals surface area contributed by atoms with Crippen molar-refractivity contribution in [2.24, 2.45) is 0 Å². The maximum absolute atomic E-state index is 12.9. The number of H-pyrrole nitrogens is 1. The zero-order valence-corrected chi connectivity index (χ0v) is 9.51. The second-order valence-electron chi connectivity index (χ2n) is 3.94. The minimum absolute atomic E-state index is 0.0683. The highest BCUT2D eigenvalue weighted by molar-refractivity contribution is 5.70. The van der Waals surface area contributed by atoms with Gasteiger partial charge >= 0.3 is 6.18 Å². The summed E-state index contributed by atoms with van der Waals surface area (Å²) in [6.07, 6.45) is -3.11. The topological polar surface area (TPSA) is 32.9 Å². The van der Waals surface area contributed by atoms with Crippen LogP contribution in [0.3, 0.4) is 0 Å². The Hall–Kier alpha value is -2.04. The quantitative estimate of drug-likeness (QED) is 0.830. The summed E-state index contributed by atoms with van der Waals surface area (Å²) in [5.74, 6) is 0. The largest absolute Gasteiger partial charge is 0.417 e. The van der Waals surface area contributed by atoms with E-state index in [1.54, 1.807) is 6.92 Å². The van der Waals surface area contributed by atoms with Crippen molar-refractivity contribution < 1.29 is 13.2 Å². The highest BCUT2D eigenvalue weighted by Gasteiger charge is 2.33. The van der Waals surface area contributed by atoms with Crippen molar-refractivity contribution >= 4 is 0 Å². The summed E-state index contributed by atoms with van der Waals surface area (Å²) in [7, 11) is 0. The first-order chi connectivity index (χ1) is 8.39. The summed E-state index contributed by atoms with van der Waals surface area (Å²) >= 11 is 0. The standard InChI is InChI=1S/C13H10F3NO/c1-8-6-12(18)17-7-10(8)9-4-2-3-5-11(9)13(14,15)16/h2-7H,1H3,(H,17,18). The predicted octanol–water partition coefficient (Wildman–Crippen LogP) is 3.37. The molecule has 0 spiro atoms. The predicted molar refractivity (Wildman–Crippen MR) is 62.2 cm³/mol. The Morgan fingerprint density at radius 1 is 1.11 bits per heavy atom. The molecule has 0 saturated heterocycles. The Labute approximate surface area is 101 Å². The number of pyridine rings is 1. The molecular weight excluding hydrogens is 243 g/mol. The van der Waals surface area contributed by atoms with E-state index >= 15 is 0 Å². The van der Waals surface area contributed by atoms with E-state index in [-0.39, 0.29) is 11.1 Å². The van der Waals surface area contributed by atoms with E-state index in [0.29, 0.717) is 11.1 Å². The van der Waals surface area contributed by atoms with Gasteiger partial charge in [0.05, 0.1) is 5.56 Å². The van der Waals surface area contributed by atoms with Gasteiger partial charge in [-0.25, -0.2) is 0 Å². The fourth-order valence-corrected chi connectivity index (χ4v) is 1.83. The van der Waals surface area contributed by atoms with Crippen LogP contribution < -0.4 is 5.56 Å². The van der Waals surface area contributed by atoms with E-state index in [0.717, 1.165) is 6.07 Å². The fourth-order valence-electron chi connectivity index (χ4n) is 1.83. The van der Waals surface area contributed by atoms with Gasteiger partial charge in [0.1, 0.15) is 0 Å². The molecule has 1 N–H and O–H groups in total. The highest BCUT2D eigenvalue weighted by atomic mass is 19.4. The molecule has 0 saturated carbocycles. The van der Waals surface area contributed by atoms with Gasteiger partial charge in [-0.1, -0.05) is 18.2 Å². The third kappa shape index (κ3) is 2.30. The van der Waals surface area contributed by atoms with Gasteiger partial charge < -0.3 is 4.98 Å². The summed E-state index contributed by atoms with van der Waals surface area (Å²) < 4.78 is 38.6. The average molecular weight is 253 g/mol. The molecule has 1 aromatic heterocycles. The first kappa shape index (κ1) is 12.4. The molecule has 0 radical (unpaired) electrons. The van der Waals surface area contributed by atoms with Crippen LogP contribution in [-0.2, 0) is 6.18 Å². The number of rotatable bonds is 1. The van der Waals surface area contributed by atoms with Crippen LogP contribution in [0.2, 0.25) is 0 Å². The summed E-state index contributed by atoms with van der Waals surface area (Å²) in [6.45, 7) is 1.61. The van der Waals surface area contributed by atoms with Crippen LogP contribution in [0, 0.1) is 6.92 Å². The maximum Gasteiger partial charge on any atom is 0.417 e. The van der Waals surface area contributed by atoms with Crippen molar-refractivity contribution in [2.75, 3.05) is 0 Å². The SMILES string of the molecule is Cc1cc(=O)[nH]cc1-c1ccccc1C(F)(F)F. The molecular formula is C13H10F3NO. The number of halogens is 3. The van der Waals surface area contributed by atoms with Crippen LogP contribution in [0.25, 0.3) is 11.1 Å². The molecule has 0 aliphatic carbocycles. The first-order valence-electron chi connectivity index (χ1n) is 5.25. The van der Waals surface area contributed by atoms with Crippen LogP contribution in [0.15, 0.2) is 41.3 Å². The fraction of sp³-hybridized carbons (Fsp3) is 0.154. The minimum atomic E-state index is -4.42. The molecule has 5 heteroatoms. The molecule has 0 bridgehead atoms. The number of benzene rings is 1. The Morgan fingerprint density at radius 3 is 2.39 bits per heavy atom. The molecule has 18 heavy (non-hydrogen) atoms. The third-order valence-electron chi connectivity index (χ3n) is 2.65. The van der Waals surface area contributed by atoms with Crippen LogP contribution >= 0.6 is 0 Å². The van der Waals surface area contributed by atoms with Crippen molar-refractivity contribution in [2.45, 2.75) is 13.1 Å². The second-order valence-corrected chi connectivity index (χ2v) is 3.94. The lowest BCUT2D eigenvalue weighted by Crippen LogP contribution is -2.09. The number of nitrogens with one attached hydrogen (secondary N) is 1. The molecule has 0 atom stereocenters. The zero-order chi connectivity index (χ0) is 13.3. The van der Waals surface area contributed by atoms with Gasteiger partial charge in [0.2, 0.25) is 5.56 Å². The van der Waals surface area contributed by atoms with Gasteiger partial charge in [0.25, 0.3) is 0 Å². The third-order valence-corrected chi connectivity index (χ3v) is 2.65. The molecule has 2 aromatic rings. The number of hydrogen-bond acceptors (Lipinski definition) is 1. The Morgan fingerprint density at radius 2 is 1.78 bits per heavy atom. The number of hydrogen-bond donors (Lipinski definition) is 1. The van der Waals surface area contributed by atoms with Crippen molar-refractivity contribution in [3.8, 4) is 11.1 Å². The summed E-state index contributed by atoms with van der Waals surface area (Å²) in [6, 6.07) is 6.58. The summed E-state index contributed by atoms with van der Waals surface area (Å²) in [5.41, 5.74) is -0.0855. The Bertz CT molecular complexity index is 629. The van der Waals surface area contributed by atoms with Gasteiger partial charge in [-0.3, -0.25) is 4.79 Å². The van der Waals surface area contributed by atoms with Crippen molar-refractivity contribution in [3.05, 3.63) is 58.0 Å². The van der Waals surface area contributed by atoms with Gasteiger partial charge in [0.15, 0.2) is 0 Å². The lowest BCUT2D eigenvalue weighted by atomic mass is 9.97. The molecule has 2 nitrogen and oxygen atoms in total. The van der Waals surface area contributed by atoms with Crippen molar-refractivity contribution in [1.82, 2.24) is 4.98 Å². The minimum Gasteiger partial charge on any atom is -0.328 e. The number of aromatic amines is 1. The Kier molecular flexibility index (Phi) is 2.98. The molecule has 0 aliphatic heterocycles. The first-order valence-corrected chi connectivity index (χ1v) is 5.25. The van der Waals surface area contributed by atoms with E-state index in [4.69, 9.17) is 0 Å². The second kappa shape index (κ2) is 4.33. The Balaban J connectivity index is 2.68. The lowest BCUT2D eigenvalue weighted by Gasteiger charge is -2.13. The molecule has 94 valence electrons. The molecule has 1 aromatic carbocycles. The highest BCUT2D eigenvalue weighted by Crippen LogP contribution is 2.37. The number of alkyl halides is 3. The zero-order valence-electron chi connectivity index (χ0n) is 9.51.